The van der Waals surface area contributed by atoms with Gasteiger partial charge in [-0.05, 0) is 54.6 Å². The molecular weight excluding hydrogens is 324 g/mol. The summed E-state index contributed by atoms with van der Waals surface area (Å²) in [6.45, 7) is 0. The van der Waals surface area contributed by atoms with Crippen LogP contribution in [0.2, 0.25) is 0 Å². The van der Waals surface area contributed by atoms with Gasteiger partial charge in [-0.25, -0.2) is 9.07 Å². The van der Waals surface area contributed by atoms with E-state index in [1.165, 1.54) is 31.4 Å². The van der Waals surface area contributed by atoms with Gasteiger partial charge in [-0.15, -0.1) is 0 Å². The van der Waals surface area contributed by atoms with Gasteiger partial charge in [-0.1, -0.05) is 0 Å². The van der Waals surface area contributed by atoms with Gasteiger partial charge in [0.25, 0.3) is 0 Å². The molecule has 0 fully saturated rings. The van der Waals surface area contributed by atoms with Crippen LogP contribution in [0.15, 0.2) is 54.6 Å². The summed E-state index contributed by atoms with van der Waals surface area (Å²) in [4.78, 5) is 0. The average Bonchev–Trinajstić information content (AvgIpc) is 3.01. The van der Waals surface area contributed by atoms with E-state index in [-0.39, 0.29) is 5.69 Å². The van der Waals surface area contributed by atoms with Crippen molar-refractivity contribution in [3.63, 3.8) is 0 Å². The van der Waals surface area contributed by atoms with E-state index in [1.807, 2.05) is 0 Å². The Morgan fingerprint density at radius 2 is 1.58 bits per heavy atom. The van der Waals surface area contributed by atoms with Crippen LogP contribution in [0, 0.1) is 5.82 Å². The van der Waals surface area contributed by atoms with Gasteiger partial charge < -0.3 is 4.74 Å². The van der Waals surface area contributed by atoms with Crippen LogP contribution in [0.5, 0.6) is 5.75 Å². The highest BCUT2D eigenvalue weighted by molar-refractivity contribution is 5.63. The second kappa shape index (κ2) is 5.99. The molecule has 0 bridgehead atoms. The van der Waals surface area contributed by atoms with Gasteiger partial charge in [-0.2, -0.15) is 18.3 Å². The third kappa shape index (κ3) is 3.10. The predicted molar refractivity (Wildman–Crippen MR) is 80.5 cm³/mol. The zero-order valence-electron chi connectivity index (χ0n) is 12.5. The first kappa shape index (κ1) is 16.0. The normalized spacial score (nSPS) is 11.5. The lowest BCUT2D eigenvalue weighted by atomic mass is 10.1. The Kier molecular flexibility index (Phi) is 4.01. The minimum atomic E-state index is -4.58. The molecule has 24 heavy (non-hydrogen) atoms. The quantitative estimate of drug-likeness (QED) is 0.648. The number of rotatable bonds is 3. The molecule has 0 unspecified atom stereocenters. The third-order valence-corrected chi connectivity index (χ3v) is 3.46. The molecule has 0 spiro atoms. The van der Waals surface area contributed by atoms with Crippen molar-refractivity contribution in [2.75, 3.05) is 7.11 Å². The van der Waals surface area contributed by atoms with Gasteiger partial charge in [0, 0.05) is 5.56 Å². The Morgan fingerprint density at radius 1 is 0.958 bits per heavy atom. The summed E-state index contributed by atoms with van der Waals surface area (Å²) >= 11 is 0. The second-order valence-corrected chi connectivity index (χ2v) is 5.03. The molecule has 0 aliphatic rings. The van der Waals surface area contributed by atoms with Gasteiger partial charge in [0.1, 0.15) is 11.6 Å². The Bertz CT molecular complexity index is 837. The summed E-state index contributed by atoms with van der Waals surface area (Å²) < 4.78 is 58.4. The molecule has 0 saturated heterocycles. The van der Waals surface area contributed by atoms with Crippen molar-refractivity contribution in [3.05, 3.63) is 66.1 Å². The maximum atomic E-state index is 13.1. The molecule has 0 atom stereocenters. The van der Waals surface area contributed by atoms with Crippen molar-refractivity contribution in [2.45, 2.75) is 6.18 Å². The molecule has 0 radical (unpaired) electrons. The Morgan fingerprint density at radius 3 is 2.12 bits per heavy atom. The van der Waals surface area contributed by atoms with Crippen LogP contribution in [0.1, 0.15) is 5.69 Å². The molecule has 2 aromatic carbocycles. The molecule has 0 amide bonds. The summed E-state index contributed by atoms with van der Waals surface area (Å²) in [6.07, 6.45) is -4.58. The zero-order chi connectivity index (χ0) is 17.3. The summed E-state index contributed by atoms with van der Waals surface area (Å²) in [5, 5.41) is 3.64. The molecule has 0 aliphatic carbocycles. The van der Waals surface area contributed by atoms with Crippen LogP contribution in [0.25, 0.3) is 16.9 Å². The third-order valence-electron chi connectivity index (χ3n) is 3.46. The summed E-state index contributed by atoms with van der Waals surface area (Å²) in [5.41, 5.74) is 0.0927. The highest BCUT2D eigenvalue weighted by Crippen LogP contribution is 2.33. The molecule has 1 aromatic heterocycles. The zero-order valence-corrected chi connectivity index (χ0v) is 12.5. The van der Waals surface area contributed by atoms with Gasteiger partial charge in [0.05, 0.1) is 18.5 Å². The number of halogens is 4. The minimum Gasteiger partial charge on any atom is -0.497 e. The predicted octanol–water partition coefficient (Wildman–Crippen LogP) is 4.71. The second-order valence-electron chi connectivity index (χ2n) is 5.03. The molecular formula is C17H12F4N2O. The SMILES string of the molecule is COc1ccc(-c2cc(C(F)(F)F)nn2-c2ccc(F)cc2)cc1. The number of alkyl halides is 3. The maximum Gasteiger partial charge on any atom is 0.435 e. The molecule has 124 valence electrons. The Hall–Kier alpha value is -2.83. The first-order valence-corrected chi connectivity index (χ1v) is 6.96. The lowest BCUT2D eigenvalue weighted by molar-refractivity contribution is -0.141. The molecule has 0 saturated carbocycles. The monoisotopic (exact) mass is 336 g/mol. The van der Waals surface area contributed by atoms with Gasteiger partial charge >= 0.3 is 6.18 Å². The van der Waals surface area contributed by atoms with Crippen molar-refractivity contribution in [1.29, 1.82) is 0 Å². The maximum absolute atomic E-state index is 13.1. The van der Waals surface area contributed by atoms with Crippen molar-refractivity contribution in [1.82, 2.24) is 9.78 Å². The molecule has 1 heterocycles. The van der Waals surface area contributed by atoms with Crippen LogP contribution in [0.3, 0.4) is 0 Å². The minimum absolute atomic E-state index is 0.247. The summed E-state index contributed by atoms with van der Waals surface area (Å²) in [5.74, 6) is 0.107. The van der Waals surface area contributed by atoms with Crippen molar-refractivity contribution in [2.24, 2.45) is 0 Å². The van der Waals surface area contributed by atoms with E-state index in [2.05, 4.69) is 5.10 Å². The van der Waals surface area contributed by atoms with E-state index in [1.54, 1.807) is 24.3 Å². The number of aromatic nitrogens is 2. The fraction of sp³-hybridized carbons (Fsp3) is 0.118. The molecule has 3 aromatic rings. The summed E-state index contributed by atoms with van der Waals surface area (Å²) in [6, 6.07) is 12.6. The van der Waals surface area contributed by atoms with Gasteiger partial charge in [-0.3, -0.25) is 0 Å². The highest BCUT2D eigenvalue weighted by Gasteiger charge is 2.35. The van der Waals surface area contributed by atoms with E-state index >= 15 is 0 Å². The number of ether oxygens (including phenoxy) is 1. The van der Waals surface area contributed by atoms with E-state index < -0.39 is 17.7 Å². The van der Waals surface area contributed by atoms with Gasteiger partial charge in [0.2, 0.25) is 0 Å². The van der Waals surface area contributed by atoms with E-state index in [0.717, 1.165) is 10.7 Å². The Labute approximate surface area is 135 Å². The number of methoxy groups -OCH3 is 1. The number of hydrogen-bond acceptors (Lipinski definition) is 2. The molecule has 7 heteroatoms. The molecule has 0 aliphatic heterocycles. The van der Waals surface area contributed by atoms with Gasteiger partial charge in [0.15, 0.2) is 5.69 Å². The van der Waals surface area contributed by atoms with Crippen LogP contribution in [0.4, 0.5) is 17.6 Å². The van der Waals surface area contributed by atoms with Crippen LogP contribution in [-0.2, 0) is 6.18 Å². The average molecular weight is 336 g/mol. The first-order chi connectivity index (χ1) is 11.4. The standard InChI is InChI=1S/C17H12F4N2O/c1-24-14-8-2-11(3-9-14)15-10-16(17(19,20)21)22-23(15)13-6-4-12(18)5-7-13/h2-10H,1H3. The van der Waals surface area contributed by atoms with Crippen molar-refractivity contribution in [3.8, 4) is 22.7 Å². The molecule has 3 rings (SSSR count). The Balaban J connectivity index is 2.15. The van der Waals surface area contributed by atoms with E-state index in [9.17, 15) is 17.6 Å². The highest BCUT2D eigenvalue weighted by atomic mass is 19.4. The van der Waals surface area contributed by atoms with Crippen molar-refractivity contribution >= 4 is 0 Å². The smallest absolute Gasteiger partial charge is 0.435 e. The fourth-order valence-corrected chi connectivity index (χ4v) is 2.27. The fourth-order valence-electron chi connectivity index (χ4n) is 2.27. The van der Waals surface area contributed by atoms with E-state index in [4.69, 9.17) is 4.74 Å². The largest absolute Gasteiger partial charge is 0.497 e. The summed E-state index contributed by atoms with van der Waals surface area (Å²) in [7, 11) is 1.50. The molecule has 3 nitrogen and oxygen atoms in total. The van der Waals surface area contributed by atoms with Crippen LogP contribution < -0.4 is 4.74 Å². The number of nitrogens with zero attached hydrogens (tertiary/aromatic N) is 2. The van der Waals surface area contributed by atoms with Crippen LogP contribution >= 0.6 is 0 Å². The van der Waals surface area contributed by atoms with Crippen LogP contribution in [-0.4, -0.2) is 16.9 Å². The topological polar surface area (TPSA) is 27.1 Å². The first-order valence-electron chi connectivity index (χ1n) is 6.96. The van der Waals surface area contributed by atoms with Crippen molar-refractivity contribution < 1.29 is 22.3 Å². The lowest BCUT2D eigenvalue weighted by Gasteiger charge is -2.08. The number of benzene rings is 2. The number of hydrogen-bond donors (Lipinski definition) is 0. The lowest BCUT2D eigenvalue weighted by Crippen LogP contribution is -2.07. The van der Waals surface area contributed by atoms with E-state index in [0.29, 0.717) is 17.0 Å². The molecule has 0 N–H and O–H groups in total.